The van der Waals surface area contributed by atoms with E-state index in [1.165, 1.54) is 7.05 Å². The minimum atomic E-state index is -0.772. The molecular formula is C8H12N2O3S. The van der Waals surface area contributed by atoms with E-state index >= 15 is 0 Å². The Kier molecular flexibility index (Phi) is 2.58. The van der Waals surface area contributed by atoms with E-state index in [0.29, 0.717) is 0 Å². The SMILES string of the molecule is CN1C(=O)C(=O)N(SC(C)(C)C)C1=O. The number of rotatable bonds is 1. The average Bonchev–Trinajstić information content (AvgIpc) is 2.20. The first kappa shape index (κ1) is 11.0. The van der Waals surface area contributed by atoms with Gasteiger partial charge in [-0.15, -0.1) is 0 Å². The Bertz CT molecular complexity index is 308. The van der Waals surface area contributed by atoms with E-state index in [1.807, 2.05) is 20.8 Å². The zero-order valence-corrected chi connectivity index (χ0v) is 9.34. The molecule has 0 unspecified atom stereocenters. The minimum absolute atomic E-state index is 0.281. The predicted molar refractivity (Wildman–Crippen MR) is 52.4 cm³/mol. The smallest absolute Gasteiger partial charge is 0.263 e. The molecule has 5 nitrogen and oxygen atoms in total. The molecule has 0 aromatic carbocycles. The lowest BCUT2D eigenvalue weighted by atomic mass is 10.3. The Morgan fingerprint density at radius 1 is 1.07 bits per heavy atom. The van der Waals surface area contributed by atoms with Gasteiger partial charge in [0, 0.05) is 11.8 Å². The molecule has 6 heteroatoms. The Hall–Kier alpha value is -1.04. The highest BCUT2D eigenvalue weighted by Crippen LogP contribution is 2.30. The van der Waals surface area contributed by atoms with Crippen LogP contribution >= 0.6 is 11.9 Å². The highest BCUT2D eigenvalue weighted by molar-refractivity contribution is 7.99. The zero-order chi connectivity index (χ0) is 11.1. The highest BCUT2D eigenvalue weighted by Gasteiger charge is 2.44. The van der Waals surface area contributed by atoms with Gasteiger partial charge in [-0.05, 0) is 32.7 Å². The maximum absolute atomic E-state index is 11.4. The molecule has 0 aliphatic carbocycles. The summed E-state index contributed by atoms with van der Waals surface area (Å²) < 4.78 is 0.624. The van der Waals surface area contributed by atoms with Crippen LogP contribution in [0.4, 0.5) is 4.79 Å². The largest absolute Gasteiger partial charge is 0.344 e. The molecule has 0 aromatic rings. The number of amides is 4. The number of imide groups is 2. The summed E-state index contributed by atoms with van der Waals surface area (Å²) in [6.07, 6.45) is 0. The summed E-state index contributed by atoms with van der Waals surface area (Å²) in [5, 5.41) is 0. The summed E-state index contributed by atoms with van der Waals surface area (Å²) >= 11 is 1.06. The van der Waals surface area contributed by atoms with Crippen molar-refractivity contribution in [2.75, 3.05) is 7.05 Å². The van der Waals surface area contributed by atoms with Crippen LogP contribution in [0.15, 0.2) is 0 Å². The van der Waals surface area contributed by atoms with Gasteiger partial charge in [-0.3, -0.25) is 14.5 Å². The fraction of sp³-hybridized carbons (Fsp3) is 0.625. The second-order valence-corrected chi connectivity index (χ2v) is 5.72. The van der Waals surface area contributed by atoms with E-state index in [0.717, 1.165) is 21.2 Å². The summed E-state index contributed by atoms with van der Waals surface area (Å²) in [6.45, 7) is 5.59. The van der Waals surface area contributed by atoms with Gasteiger partial charge in [0.1, 0.15) is 0 Å². The van der Waals surface area contributed by atoms with Crippen molar-refractivity contribution < 1.29 is 14.4 Å². The van der Waals surface area contributed by atoms with Gasteiger partial charge in [0.15, 0.2) is 0 Å². The fourth-order valence-electron chi connectivity index (χ4n) is 0.895. The molecule has 0 radical (unpaired) electrons. The molecule has 1 aliphatic rings. The van der Waals surface area contributed by atoms with Gasteiger partial charge < -0.3 is 0 Å². The number of nitrogens with zero attached hydrogens (tertiary/aromatic N) is 2. The summed E-state index contributed by atoms with van der Waals surface area (Å²) in [5.74, 6) is -1.54. The maximum atomic E-state index is 11.4. The van der Waals surface area contributed by atoms with Crippen molar-refractivity contribution >= 4 is 29.8 Å². The highest BCUT2D eigenvalue weighted by atomic mass is 32.2. The second-order valence-electron chi connectivity index (χ2n) is 3.95. The van der Waals surface area contributed by atoms with Crippen LogP contribution in [-0.2, 0) is 9.59 Å². The van der Waals surface area contributed by atoms with Crippen molar-refractivity contribution in [1.29, 1.82) is 0 Å². The summed E-state index contributed by atoms with van der Waals surface area (Å²) in [7, 11) is 1.30. The lowest BCUT2D eigenvalue weighted by Crippen LogP contribution is -2.29. The van der Waals surface area contributed by atoms with Gasteiger partial charge in [-0.1, -0.05) is 0 Å². The number of carbonyl (C=O) groups excluding carboxylic acids is 3. The molecule has 1 aliphatic heterocycles. The Labute approximate surface area is 86.6 Å². The first-order valence-electron chi connectivity index (χ1n) is 4.09. The van der Waals surface area contributed by atoms with Crippen LogP contribution < -0.4 is 0 Å². The van der Waals surface area contributed by atoms with E-state index in [1.54, 1.807) is 0 Å². The minimum Gasteiger partial charge on any atom is -0.263 e. The van der Waals surface area contributed by atoms with Crippen molar-refractivity contribution in [3.05, 3.63) is 0 Å². The third-order valence-corrected chi connectivity index (χ3v) is 2.55. The normalized spacial score (nSPS) is 18.4. The third kappa shape index (κ3) is 1.89. The van der Waals surface area contributed by atoms with E-state index < -0.39 is 17.8 Å². The Balaban J connectivity index is 2.86. The number of urea groups is 1. The van der Waals surface area contributed by atoms with E-state index in [-0.39, 0.29) is 4.75 Å². The third-order valence-electron chi connectivity index (χ3n) is 1.50. The number of likely N-dealkylation sites (N-methyl/N-ethyl adjacent to an activating group) is 1. The van der Waals surface area contributed by atoms with Crippen LogP contribution in [0, 0.1) is 0 Å². The van der Waals surface area contributed by atoms with Crippen molar-refractivity contribution in [1.82, 2.24) is 9.21 Å². The topological polar surface area (TPSA) is 57.7 Å². The molecule has 0 bridgehead atoms. The molecule has 1 heterocycles. The molecule has 4 amide bonds. The predicted octanol–water partition coefficient (Wildman–Crippen LogP) is 0.854. The standard InChI is InChI=1S/C8H12N2O3S/c1-8(2,3)14-10-6(12)5(11)9(4)7(10)13/h1-4H3. The second kappa shape index (κ2) is 3.27. The van der Waals surface area contributed by atoms with Crippen LogP contribution in [-0.4, -0.2) is 38.8 Å². The van der Waals surface area contributed by atoms with Gasteiger partial charge in [-0.2, -0.15) is 4.31 Å². The molecular weight excluding hydrogens is 204 g/mol. The van der Waals surface area contributed by atoms with Gasteiger partial charge in [0.25, 0.3) is 0 Å². The van der Waals surface area contributed by atoms with Crippen LogP contribution in [0.5, 0.6) is 0 Å². The molecule has 14 heavy (non-hydrogen) atoms. The molecule has 78 valence electrons. The summed E-state index contributed by atoms with van der Waals surface area (Å²) in [5.41, 5.74) is 0. The molecule has 0 aromatic heterocycles. The lowest BCUT2D eigenvalue weighted by molar-refractivity contribution is -0.141. The maximum Gasteiger partial charge on any atom is 0.344 e. The fourth-order valence-corrected chi connectivity index (χ4v) is 1.80. The molecule has 0 spiro atoms. The van der Waals surface area contributed by atoms with E-state index in [4.69, 9.17) is 0 Å². The summed E-state index contributed by atoms with van der Waals surface area (Å²) in [4.78, 5) is 34.6. The van der Waals surface area contributed by atoms with Gasteiger partial charge in [0.2, 0.25) is 0 Å². The number of hydrogen-bond donors (Lipinski definition) is 0. The molecule has 1 saturated heterocycles. The van der Waals surface area contributed by atoms with Crippen molar-refractivity contribution in [2.24, 2.45) is 0 Å². The zero-order valence-electron chi connectivity index (χ0n) is 8.53. The molecule has 0 N–H and O–H groups in total. The van der Waals surface area contributed by atoms with Gasteiger partial charge in [-0.25, -0.2) is 4.79 Å². The van der Waals surface area contributed by atoms with Gasteiger partial charge >= 0.3 is 17.8 Å². The Morgan fingerprint density at radius 3 is 1.86 bits per heavy atom. The quantitative estimate of drug-likeness (QED) is 0.370. The van der Waals surface area contributed by atoms with Crippen molar-refractivity contribution in [3.63, 3.8) is 0 Å². The summed E-state index contributed by atoms with van der Waals surface area (Å²) in [6, 6.07) is -0.570. The van der Waals surface area contributed by atoms with Gasteiger partial charge in [0.05, 0.1) is 0 Å². The molecule has 0 atom stereocenters. The first-order valence-corrected chi connectivity index (χ1v) is 4.86. The van der Waals surface area contributed by atoms with Crippen LogP contribution in [0.25, 0.3) is 0 Å². The lowest BCUT2D eigenvalue weighted by Gasteiger charge is -2.22. The van der Waals surface area contributed by atoms with Crippen LogP contribution in [0.3, 0.4) is 0 Å². The number of hydrogen-bond acceptors (Lipinski definition) is 4. The average molecular weight is 216 g/mol. The molecule has 0 saturated carbocycles. The van der Waals surface area contributed by atoms with Crippen LogP contribution in [0.2, 0.25) is 0 Å². The Morgan fingerprint density at radius 2 is 1.57 bits per heavy atom. The van der Waals surface area contributed by atoms with Crippen molar-refractivity contribution in [3.8, 4) is 0 Å². The van der Waals surface area contributed by atoms with Crippen LogP contribution in [0.1, 0.15) is 20.8 Å². The van der Waals surface area contributed by atoms with E-state index in [2.05, 4.69) is 0 Å². The van der Waals surface area contributed by atoms with Crippen molar-refractivity contribution in [2.45, 2.75) is 25.5 Å². The number of carbonyl (C=O) groups is 3. The molecule has 1 fully saturated rings. The first-order chi connectivity index (χ1) is 6.24. The van der Waals surface area contributed by atoms with E-state index in [9.17, 15) is 14.4 Å². The monoisotopic (exact) mass is 216 g/mol. The molecule has 1 rings (SSSR count).